The van der Waals surface area contributed by atoms with Crippen LogP contribution in [0.25, 0.3) is 0 Å². The third kappa shape index (κ3) is 2.37. The summed E-state index contributed by atoms with van der Waals surface area (Å²) in [5.41, 5.74) is 0.468. The summed E-state index contributed by atoms with van der Waals surface area (Å²) in [6.45, 7) is 0.248. The number of carbonyl (C=O) groups is 2. The van der Waals surface area contributed by atoms with Gasteiger partial charge in [0.05, 0.1) is 17.7 Å². The van der Waals surface area contributed by atoms with Crippen LogP contribution in [-0.4, -0.2) is 36.9 Å². The first kappa shape index (κ1) is 11.8. The number of hydrogen-bond donors (Lipinski definition) is 3. The fourth-order valence-corrected chi connectivity index (χ4v) is 1.58. The SMILES string of the molecule is O=C(O)C1=CNC(Cn2cnnc2)=C(C(=O)O)C1. The molecule has 2 rings (SSSR count). The Kier molecular flexibility index (Phi) is 3.09. The molecule has 0 aliphatic carbocycles. The van der Waals surface area contributed by atoms with E-state index < -0.39 is 11.9 Å². The summed E-state index contributed by atoms with van der Waals surface area (Å²) in [7, 11) is 0. The number of carboxylic acids is 2. The normalized spacial score (nSPS) is 15.0. The fourth-order valence-electron chi connectivity index (χ4n) is 1.58. The molecule has 0 unspecified atom stereocenters. The van der Waals surface area contributed by atoms with Crippen molar-refractivity contribution >= 4 is 11.9 Å². The molecule has 3 N–H and O–H groups in total. The van der Waals surface area contributed by atoms with Gasteiger partial charge in [0, 0.05) is 18.3 Å². The third-order valence-electron chi connectivity index (χ3n) is 2.49. The molecule has 0 amide bonds. The molecule has 0 atom stereocenters. The van der Waals surface area contributed by atoms with Crippen molar-refractivity contribution in [2.45, 2.75) is 13.0 Å². The lowest BCUT2D eigenvalue weighted by Gasteiger charge is -2.18. The monoisotopic (exact) mass is 250 g/mol. The molecule has 0 saturated heterocycles. The van der Waals surface area contributed by atoms with Crippen LogP contribution < -0.4 is 5.32 Å². The zero-order valence-corrected chi connectivity index (χ0v) is 9.20. The number of nitrogens with one attached hydrogen (secondary N) is 1. The second kappa shape index (κ2) is 4.70. The lowest BCUT2D eigenvalue weighted by molar-refractivity contribution is -0.133. The summed E-state index contributed by atoms with van der Waals surface area (Å²) < 4.78 is 1.59. The zero-order chi connectivity index (χ0) is 13.1. The van der Waals surface area contributed by atoms with Crippen LogP contribution in [0.3, 0.4) is 0 Å². The molecule has 8 nitrogen and oxygen atoms in total. The van der Waals surface area contributed by atoms with Crippen LogP contribution in [0.2, 0.25) is 0 Å². The van der Waals surface area contributed by atoms with Gasteiger partial charge in [0.2, 0.25) is 0 Å². The van der Waals surface area contributed by atoms with Gasteiger partial charge in [-0.2, -0.15) is 0 Å². The molecule has 1 aromatic heterocycles. The topological polar surface area (TPSA) is 117 Å². The van der Waals surface area contributed by atoms with Gasteiger partial charge in [-0.15, -0.1) is 10.2 Å². The zero-order valence-electron chi connectivity index (χ0n) is 9.20. The first-order valence-corrected chi connectivity index (χ1v) is 5.04. The molecule has 18 heavy (non-hydrogen) atoms. The van der Waals surface area contributed by atoms with Crippen molar-refractivity contribution in [2.75, 3.05) is 0 Å². The highest BCUT2D eigenvalue weighted by atomic mass is 16.4. The van der Waals surface area contributed by atoms with Crippen molar-refractivity contribution in [1.29, 1.82) is 0 Å². The molecule has 0 radical (unpaired) electrons. The Bertz CT molecular complexity index is 544. The maximum atomic E-state index is 11.1. The van der Waals surface area contributed by atoms with Crippen LogP contribution in [-0.2, 0) is 16.1 Å². The largest absolute Gasteiger partial charge is 0.478 e. The van der Waals surface area contributed by atoms with Crippen LogP contribution in [0.15, 0.2) is 35.7 Å². The average molecular weight is 250 g/mol. The van der Waals surface area contributed by atoms with E-state index in [0.29, 0.717) is 5.70 Å². The summed E-state index contributed by atoms with van der Waals surface area (Å²) in [5.74, 6) is -2.28. The minimum absolute atomic E-state index is 0.0138. The van der Waals surface area contributed by atoms with E-state index in [1.165, 1.54) is 18.9 Å². The van der Waals surface area contributed by atoms with Gasteiger partial charge in [0.15, 0.2) is 0 Å². The van der Waals surface area contributed by atoms with E-state index >= 15 is 0 Å². The number of dihydropyridines is 1. The lowest BCUT2D eigenvalue weighted by Crippen LogP contribution is -2.24. The van der Waals surface area contributed by atoms with Crippen LogP contribution in [0.1, 0.15) is 6.42 Å². The Morgan fingerprint density at radius 1 is 1.28 bits per heavy atom. The number of rotatable bonds is 4. The predicted molar refractivity (Wildman–Crippen MR) is 58.2 cm³/mol. The van der Waals surface area contributed by atoms with Crippen molar-refractivity contribution in [1.82, 2.24) is 20.1 Å². The van der Waals surface area contributed by atoms with E-state index in [1.807, 2.05) is 0 Å². The van der Waals surface area contributed by atoms with E-state index in [0.717, 1.165) is 0 Å². The summed E-state index contributed by atoms with van der Waals surface area (Å²) >= 11 is 0. The summed E-state index contributed by atoms with van der Waals surface area (Å²) in [6.07, 6.45) is 4.08. The maximum Gasteiger partial charge on any atom is 0.333 e. The number of aromatic nitrogens is 3. The number of hydrogen-bond acceptors (Lipinski definition) is 5. The Hall–Kier alpha value is -2.64. The van der Waals surface area contributed by atoms with E-state index in [9.17, 15) is 9.59 Å². The quantitative estimate of drug-likeness (QED) is 0.664. The Labute approximate surface area is 101 Å². The molecule has 1 aromatic rings. The van der Waals surface area contributed by atoms with Crippen LogP contribution in [0.5, 0.6) is 0 Å². The second-order valence-corrected chi connectivity index (χ2v) is 3.69. The molecule has 0 spiro atoms. The second-order valence-electron chi connectivity index (χ2n) is 3.69. The van der Waals surface area contributed by atoms with Crippen molar-refractivity contribution in [3.8, 4) is 0 Å². The van der Waals surface area contributed by atoms with Gasteiger partial charge in [-0.25, -0.2) is 9.59 Å². The van der Waals surface area contributed by atoms with Gasteiger partial charge in [-0.1, -0.05) is 0 Å². The molecule has 0 aromatic carbocycles. The standard InChI is InChI=1S/C10H10N4O4/c15-9(16)6-1-7(10(17)18)8(11-2-6)3-14-4-12-13-5-14/h2,4-5,11H,1,3H2,(H,15,16)(H,17,18). The third-order valence-corrected chi connectivity index (χ3v) is 2.49. The highest BCUT2D eigenvalue weighted by Gasteiger charge is 2.23. The van der Waals surface area contributed by atoms with E-state index in [4.69, 9.17) is 10.2 Å². The van der Waals surface area contributed by atoms with E-state index in [1.54, 1.807) is 4.57 Å². The van der Waals surface area contributed by atoms with Crippen LogP contribution >= 0.6 is 0 Å². The maximum absolute atomic E-state index is 11.1. The number of allylic oxidation sites excluding steroid dienone is 1. The minimum Gasteiger partial charge on any atom is -0.478 e. The molecule has 2 heterocycles. The molecule has 0 bridgehead atoms. The number of aliphatic carboxylic acids is 2. The number of nitrogens with zero attached hydrogens (tertiary/aromatic N) is 3. The summed E-state index contributed by atoms with van der Waals surface area (Å²) in [6, 6.07) is 0. The van der Waals surface area contributed by atoms with E-state index in [2.05, 4.69) is 15.5 Å². The molecule has 0 saturated carbocycles. The van der Waals surface area contributed by atoms with Crippen LogP contribution in [0, 0.1) is 0 Å². The van der Waals surface area contributed by atoms with E-state index in [-0.39, 0.29) is 24.1 Å². The molecule has 1 aliphatic heterocycles. The summed E-state index contributed by atoms with van der Waals surface area (Å²) in [5, 5.41) is 27.8. The smallest absolute Gasteiger partial charge is 0.333 e. The van der Waals surface area contributed by atoms with Gasteiger partial charge in [-0.05, 0) is 0 Å². The molecule has 1 aliphatic rings. The van der Waals surface area contributed by atoms with Gasteiger partial charge in [-0.3, -0.25) is 0 Å². The molecule has 8 heteroatoms. The van der Waals surface area contributed by atoms with Crippen molar-refractivity contribution in [2.24, 2.45) is 0 Å². The van der Waals surface area contributed by atoms with Crippen molar-refractivity contribution < 1.29 is 19.8 Å². The molecular weight excluding hydrogens is 240 g/mol. The van der Waals surface area contributed by atoms with Crippen LogP contribution in [0.4, 0.5) is 0 Å². The Balaban J connectivity index is 2.23. The van der Waals surface area contributed by atoms with Gasteiger partial charge in [0.1, 0.15) is 12.7 Å². The lowest BCUT2D eigenvalue weighted by atomic mass is 10.0. The molecule has 0 fully saturated rings. The first-order valence-electron chi connectivity index (χ1n) is 5.04. The average Bonchev–Trinajstić information content (AvgIpc) is 2.81. The Morgan fingerprint density at radius 2 is 1.94 bits per heavy atom. The predicted octanol–water partition coefficient (Wildman–Crippen LogP) is -0.421. The number of carboxylic acid groups (broad SMARTS) is 2. The highest BCUT2D eigenvalue weighted by Crippen LogP contribution is 2.20. The van der Waals surface area contributed by atoms with Gasteiger partial charge < -0.3 is 20.1 Å². The Morgan fingerprint density at radius 3 is 2.50 bits per heavy atom. The van der Waals surface area contributed by atoms with Gasteiger partial charge >= 0.3 is 11.9 Å². The van der Waals surface area contributed by atoms with Gasteiger partial charge in [0.25, 0.3) is 0 Å². The minimum atomic E-state index is -1.14. The molecular formula is C10H10N4O4. The van der Waals surface area contributed by atoms with Crippen molar-refractivity contribution in [3.05, 3.63) is 35.7 Å². The van der Waals surface area contributed by atoms with Crippen molar-refractivity contribution in [3.63, 3.8) is 0 Å². The first-order chi connectivity index (χ1) is 8.58. The highest BCUT2D eigenvalue weighted by molar-refractivity contribution is 5.94. The summed E-state index contributed by atoms with van der Waals surface area (Å²) in [4.78, 5) is 21.9. The molecule has 94 valence electrons. The fraction of sp³-hybridized carbons (Fsp3) is 0.200.